The molecule has 1 unspecified atom stereocenters. The van der Waals surface area contributed by atoms with E-state index in [9.17, 15) is 18.0 Å². The lowest BCUT2D eigenvalue weighted by atomic mass is 9.70. The molecule has 46 heavy (non-hydrogen) atoms. The van der Waals surface area contributed by atoms with Gasteiger partial charge in [0.15, 0.2) is 0 Å². The molecule has 6 rings (SSSR count). The Bertz CT molecular complexity index is 1590. The molecule has 4 aliphatic rings. The molecule has 1 saturated heterocycles. The van der Waals surface area contributed by atoms with Crippen molar-refractivity contribution in [2.75, 3.05) is 37.7 Å². The van der Waals surface area contributed by atoms with E-state index in [1.165, 1.54) is 28.5 Å². The van der Waals surface area contributed by atoms with Gasteiger partial charge in [0.1, 0.15) is 17.5 Å². The topological polar surface area (TPSA) is 114 Å². The smallest absolute Gasteiger partial charge is 0.421 e. The van der Waals surface area contributed by atoms with E-state index in [4.69, 9.17) is 25.8 Å². The van der Waals surface area contributed by atoms with Gasteiger partial charge in [-0.15, -0.1) is 0 Å². The number of amides is 2. The number of piperidine rings is 1. The van der Waals surface area contributed by atoms with Crippen LogP contribution in [0.1, 0.15) is 76.8 Å². The Morgan fingerprint density at radius 2 is 1.89 bits per heavy atom. The van der Waals surface area contributed by atoms with E-state index in [1.807, 2.05) is 6.07 Å². The number of hydrogen-bond acceptors (Lipinski definition) is 8. The number of ether oxygens (including phenoxy) is 3. The molecule has 10 nitrogen and oxygen atoms in total. The van der Waals surface area contributed by atoms with Crippen molar-refractivity contribution in [2.45, 2.75) is 94.2 Å². The van der Waals surface area contributed by atoms with E-state index in [0.29, 0.717) is 49.9 Å². The highest BCUT2D eigenvalue weighted by Gasteiger charge is 2.42. The van der Waals surface area contributed by atoms with E-state index < -0.39 is 33.9 Å². The van der Waals surface area contributed by atoms with E-state index in [2.05, 4.69) is 21.8 Å². The number of nitrogens with one attached hydrogen (secondary N) is 1. The number of benzene rings is 2. The zero-order valence-corrected chi connectivity index (χ0v) is 28.4. The molecule has 2 aliphatic carbocycles. The maximum atomic E-state index is 13.5. The van der Waals surface area contributed by atoms with Gasteiger partial charge >= 0.3 is 12.2 Å². The molecular weight excluding hydrogens is 630 g/mol. The van der Waals surface area contributed by atoms with Gasteiger partial charge in [-0.05, 0) is 113 Å². The van der Waals surface area contributed by atoms with Crippen LogP contribution in [-0.4, -0.2) is 70.0 Å². The molecule has 250 valence electrons. The molecule has 1 saturated carbocycles. The van der Waals surface area contributed by atoms with Crippen LogP contribution in [0.25, 0.3) is 0 Å². The first-order chi connectivity index (χ1) is 21.8. The fourth-order valence-electron chi connectivity index (χ4n) is 7.12. The van der Waals surface area contributed by atoms with Gasteiger partial charge in [-0.1, -0.05) is 24.1 Å². The number of carbonyl (C=O) groups excluding carboxylic acids is 2. The Balaban J connectivity index is 1.19. The van der Waals surface area contributed by atoms with Crippen molar-refractivity contribution in [1.82, 2.24) is 9.62 Å². The lowest BCUT2D eigenvalue weighted by molar-refractivity contribution is -0.000281. The normalized spacial score (nSPS) is 23.3. The number of anilines is 1. The van der Waals surface area contributed by atoms with Gasteiger partial charge in [-0.2, -0.15) is 0 Å². The quantitative estimate of drug-likeness (QED) is 0.387. The summed E-state index contributed by atoms with van der Waals surface area (Å²) in [6, 6.07) is 10.9. The lowest BCUT2D eigenvalue weighted by Gasteiger charge is -2.42. The number of sulfonamides is 1. The van der Waals surface area contributed by atoms with Crippen LogP contribution in [0.3, 0.4) is 0 Å². The number of likely N-dealkylation sites (tertiary alicyclic amines) is 1. The molecule has 2 heterocycles. The minimum absolute atomic E-state index is 0.0452. The molecule has 1 spiro atoms. The molecule has 2 fully saturated rings. The van der Waals surface area contributed by atoms with Gasteiger partial charge in [-0.3, -0.25) is 0 Å². The molecule has 2 amide bonds. The van der Waals surface area contributed by atoms with Crippen LogP contribution in [0.15, 0.2) is 41.3 Å². The predicted octanol–water partition coefficient (Wildman–Crippen LogP) is 6.43. The van der Waals surface area contributed by atoms with Gasteiger partial charge in [0.05, 0.1) is 23.7 Å². The molecule has 1 N–H and O–H groups in total. The summed E-state index contributed by atoms with van der Waals surface area (Å²) in [5.74, 6) is 1.16. The van der Waals surface area contributed by atoms with E-state index in [-0.39, 0.29) is 16.9 Å². The number of halogens is 1. The van der Waals surface area contributed by atoms with Crippen LogP contribution < -0.4 is 14.4 Å². The fourth-order valence-corrected chi connectivity index (χ4v) is 8.21. The Labute approximate surface area is 276 Å². The summed E-state index contributed by atoms with van der Waals surface area (Å²) in [6.07, 6.45) is 5.32. The first-order valence-corrected chi connectivity index (χ1v) is 18.2. The number of aryl methyl sites for hydroxylation is 1. The van der Waals surface area contributed by atoms with Gasteiger partial charge in [0.2, 0.25) is 0 Å². The average Bonchev–Trinajstić information content (AvgIpc) is 3.11. The van der Waals surface area contributed by atoms with Crippen molar-refractivity contribution in [1.29, 1.82) is 0 Å². The molecule has 2 aromatic carbocycles. The first kappa shape index (κ1) is 32.7. The SMILES string of the molecule is CC(C)(C)OC(=O)N1CCC[C@H](OC(=O)NS(=O)(=O)c2ccc3c(c2)N(CC2CCC2)CC2(CCCc4cc(Cl)ccc42)CO3)C1. The van der Waals surface area contributed by atoms with Gasteiger partial charge in [-0.25, -0.2) is 22.7 Å². The van der Waals surface area contributed by atoms with Crippen molar-refractivity contribution >= 4 is 39.5 Å². The zero-order valence-electron chi connectivity index (χ0n) is 26.8. The second-order valence-corrected chi connectivity index (χ2v) is 16.4. The summed E-state index contributed by atoms with van der Waals surface area (Å²) in [5.41, 5.74) is 2.30. The molecule has 0 aromatic heterocycles. The van der Waals surface area contributed by atoms with Gasteiger partial charge in [0.25, 0.3) is 10.0 Å². The third-order valence-electron chi connectivity index (χ3n) is 9.54. The summed E-state index contributed by atoms with van der Waals surface area (Å²) in [4.78, 5) is 29.1. The second-order valence-electron chi connectivity index (χ2n) is 14.2. The average molecular weight is 674 g/mol. The Hall–Kier alpha value is -3.18. The van der Waals surface area contributed by atoms with Crippen molar-refractivity contribution in [2.24, 2.45) is 5.92 Å². The number of carbonyl (C=O) groups is 2. The van der Waals surface area contributed by atoms with Crippen molar-refractivity contribution in [3.05, 3.63) is 52.5 Å². The van der Waals surface area contributed by atoms with Crippen molar-refractivity contribution < 1.29 is 32.2 Å². The van der Waals surface area contributed by atoms with Crippen LogP contribution in [-0.2, 0) is 31.3 Å². The summed E-state index contributed by atoms with van der Waals surface area (Å²) in [7, 11) is -4.27. The van der Waals surface area contributed by atoms with E-state index in [1.54, 1.807) is 32.9 Å². The van der Waals surface area contributed by atoms with Crippen LogP contribution in [0.2, 0.25) is 5.02 Å². The van der Waals surface area contributed by atoms with Gasteiger partial charge in [0, 0.05) is 30.1 Å². The largest absolute Gasteiger partial charge is 0.490 e. The maximum Gasteiger partial charge on any atom is 0.421 e. The summed E-state index contributed by atoms with van der Waals surface area (Å²) in [5, 5.41) is 0.727. The zero-order chi connectivity index (χ0) is 32.7. The second kappa shape index (κ2) is 12.8. The standard InChI is InChI=1S/C34H44ClN3O7S/c1-33(2,3)45-32(40)37-16-6-10-26(20-37)44-31(39)36-46(41,42)27-12-14-30-29(18-27)38(19-23-7-4-8-23)21-34(22-43-30)15-5-9-24-17-25(35)11-13-28(24)34/h11-14,17-18,23,26H,4-10,15-16,19-22H2,1-3H3,(H,36,39)/t26-,34?/m0/s1. The van der Waals surface area contributed by atoms with E-state index >= 15 is 0 Å². The number of nitrogens with zero attached hydrogens (tertiary/aromatic N) is 2. The highest BCUT2D eigenvalue weighted by atomic mass is 35.5. The molecule has 0 bridgehead atoms. The summed E-state index contributed by atoms with van der Waals surface area (Å²) in [6.45, 7) is 7.93. The Kier molecular flexibility index (Phi) is 9.10. The predicted molar refractivity (Wildman–Crippen MR) is 175 cm³/mol. The molecule has 2 aliphatic heterocycles. The van der Waals surface area contributed by atoms with Crippen LogP contribution in [0.5, 0.6) is 5.75 Å². The molecular formula is C34H44ClN3O7S. The minimum atomic E-state index is -4.27. The lowest BCUT2D eigenvalue weighted by Crippen LogP contribution is -2.47. The third kappa shape index (κ3) is 7.20. The number of fused-ring (bicyclic) bond motifs is 3. The molecule has 2 atom stereocenters. The maximum absolute atomic E-state index is 13.5. The Morgan fingerprint density at radius 3 is 2.63 bits per heavy atom. The minimum Gasteiger partial charge on any atom is -0.490 e. The fraction of sp³-hybridized carbons (Fsp3) is 0.588. The third-order valence-corrected chi connectivity index (χ3v) is 11.1. The van der Waals surface area contributed by atoms with Crippen LogP contribution in [0.4, 0.5) is 15.3 Å². The highest BCUT2D eigenvalue weighted by Crippen LogP contribution is 2.45. The molecule has 2 aromatic rings. The number of rotatable bonds is 5. The highest BCUT2D eigenvalue weighted by molar-refractivity contribution is 7.90. The van der Waals surface area contributed by atoms with Crippen LogP contribution >= 0.6 is 11.6 Å². The van der Waals surface area contributed by atoms with E-state index in [0.717, 1.165) is 43.7 Å². The monoisotopic (exact) mass is 673 g/mol. The number of hydrogen-bond donors (Lipinski definition) is 1. The molecule has 12 heteroatoms. The first-order valence-electron chi connectivity index (χ1n) is 16.3. The van der Waals surface area contributed by atoms with Crippen LogP contribution in [0, 0.1) is 5.92 Å². The summed E-state index contributed by atoms with van der Waals surface area (Å²) >= 11 is 6.37. The molecule has 0 radical (unpaired) electrons. The van der Waals surface area contributed by atoms with Gasteiger partial charge < -0.3 is 24.0 Å². The van der Waals surface area contributed by atoms with Crippen molar-refractivity contribution in [3.8, 4) is 5.75 Å². The Morgan fingerprint density at radius 1 is 1.09 bits per heavy atom. The summed E-state index contributed by atoms with van der Waals surface area (Å²) < 4.78 is 46.5. The van der Waals surface area contributed by atoms with Crippen molar-refractivity contribution in [3.63, 3.8) is 0 Å².